The van der Waals surface area contributed by atoms with E-state index in [9.17, 15) is 14.0 Å². The van der Waals surface area contributed by atoms with Gasteiger partial charge < -0.3 is 4.90 Å². The molecule has 0 saturated carbocycles. The summed E-state index contributed by atoms with van der Waals surface area (Å²) in [5, 5.41) is 2.88. The lowest BCUT2D eigenvalue weighted by Gasteiger charge is -2.34. The molecule has 2 heterocycles. The number of carbonyl (C=O) groups is 2. The van der Waals surface area contributed by atoms with Crippen LogP contribution in [0.25, 0.3) is 11.3 Å². The average molecular weight is 518 g/mol. The zero-order chi connectivity index (χ0) is 22.5. The fourth-order valence-corrected chi connectivity index (χ4v) is 4.46. The average Bonchev–Trinajstić information content (AvgIpc) is 3.29. The van der Waals surface area contributed by atoms with E-state index in [0.29, 0.717) is 18.7 Å². The van der Waals surface area contributed by atoms with Gasteiger partial charge in [-0.15, -0.1) is 11.3 Å². The quantitative estimate of drug-likeness (QED) is 0.507. The van der Waals surface area contributed by atoms with Crippen molar-refractivity contribution in [1.29, 1.82) is 0 Å². The predicted octanol–water partition coefficient (Wildman–Crippen LogP) is 3.29. The molecular weight excluding hydrogens is 497 g/mol. The second-order valence-corrected chi connectivity index (χ2v) is 9.05. The lowest BCUT2D eigenvalue weighted by Crippen LogP contribution is -2.52. The van der Waals surface area contributed by atoms with Gasteiger partial charge in [-0.25, -0.2) is 9.37 Å². The molecule has 1 aliphatic rings. The van der Waals surface area contributed by atoms with Gasteiger partial charge in [0.15, 0.2) is 5.13 Å². The Morgan fingerprint density at radius 1 is 1.00 bits per heavy atom. The molecule has 0 bridgehead atoms. The molecule has 0 unspecified atom stereocenters. The van der Waals surface area contributed by atoms with Crippen LogP contribution in [0.5, 0.6) is 0 Å². The van der Waals surface area contributed by atoms with Crippen LogP contribution < -0.4 is 15.8 Å². The number of anilines is 1. The number of hydrogen-bond acceptors (Lipinski definition) is 6. The number of piperazine rings is 1. The zero-order valence-electron chi connectivity index (χ0n) is 17.1. The summed E-state index contributed by atoms with van der Waals surface area (Å²) in [6.07, 6.45) is 0. The Hall–Kier alpha value is -2.82. The summed E-state index contributed by atoms with van der Waals surface area (Å²) >= 11 is 4.87. The first kappa shape index (κ1) is 22.4. The monoisotopic (exact) mass is 517 g/mol. The highest BCUT2D eigenvalue weighted by atomic mass is 79.9. The topological polar surface area (TPSA) is 77.6 Å². The molecule has 0 atom stereocenters. The number of hydrazine groups is 1. The maximum Gasteiger partial charge on any atom is 0.269 e. The Labute approximate surface area is 197 Å². The van der Waals surface area contributed by atoms with E-state index in [1.165, 1.54) is 12.1 Å². The van der Waals surface area contributed by atoms with Crippen LogP contribution in [0.4, 0.5) is 9.52 Å². The van der Waals surface area contributed by atoms with Crippen LogP contribution in [0.15, 0.2) is 58.4 Å². The normalized spacial score (nSPS) is 14.2. The van der Waals surface area contributed by atoms with Crippen molar-refractivity contribution in [2.45, 2.75) is 0 Å². The molecule has 7 nitrogen and oxygen atoms in total. The summed E-state index contributed by atoms with van der Waals surface area (Å²) in [5.74, 6) is -0.898. The minimum Gasteiger partial charge on any atom is -0.346 e. The van der Waals surface area contributed by atoms with Gasteiger partial charge in [0.25, 0.3) is 11.8 Å². The number of amides is 2. The predicted molar refractivity (Wildman–Crippen MR) is 126 cm³/mol. The molecule has 0 radical (unpaired) electrons. The molecule has 2 aromatic carbocycles. The SMILES string of the molecule is O=C(CN1CCN(c2nc(-c3ccc(F)cc3)cs2)CC1)NNC(=O)c1ccc(Br)cc1. The Morgan fingerprint density at radius 2 is 1.69 bits per heavy atom. The highest BCUT2D eigenvalue weighted by Crippen LogP contribution is 2.28. The third-order valence-electron chi connectivity index (χ3n) is 5.06. The molecule has 10 heteroatoms. The maximum absolute atomic E-state index is 13.1. The second-order valence-electron chi connectivity index (χ2n) is 7.29. The molecule has 1 aliphatic heterocycles. The van der Waals surface area contributed by atoms with Crippen molar-refractivity contribution in [2.24, 2.45) is 0 Å². The van der Waals surface area contributed by atoms with E-state index in [4.69, 9.17) is 0 Å². The van der Waals surface area contributed by atoms with Gasteiger partial charge in [-0.05, 0) is 48.5 Å². The Balaban J connectivity index is 1.22. The maximum atomic E-state index is 13.1. The van der Waals surface area contributed by atoms with Crippen molar-refractivity contribution in [2.75, 3.05) is 37.6 Å². The zero-order valence-corrected chi connectivity index (χ0v) is 19.5. The lowest BCUT2D eigenvalue weighted by atomic mass is 10.2. The van der Waals surface area contributed by atoms with Gasteiger partial charge in [-0.1, -0.05) is 15.9 Å². The van der Waals surface area contributed by atoms with Gasteiger partial charge in [0.1, 0.15) is 5.82 Å². The van der Waals surface area contributed by atoms with Crippen molar-refractivity contribution in [3.05, 3.63) is 69.8 Å². The van der Waals surface area contributed by atoms with Gasteiger partial charge in [0, 0.05) is 47.2 Å². The van der Waals surface area contributed by atoms with Crippen LogP contribution in [0, 0.1) is 5.82 Å². The van der Waals surface area contributed by atoms with Crippen LogP contribution in [-0.4, -0.2) is 54.4 Å². The first-order valence-corrected chi connectivity index (χ1v) is 11.7. The van der Waals surface area contributed by atoms with E-state index in [1.54, 1.807) is 47.7 Å². The first-order valence-electron chi connectivity index (χ1n) is 10.0. The summed E-state index contributed by atoms with van der Waals surface area (Å²) in [5.41, 5.74) is 7.08. The van der Waals surface area contributed by atoms with Gasteiger partial charge in [-0.3, -0.25) is 25.3 Å². The van der Waals surface area contributed by atoms with Gasteiger partial charge in [0.2, 0.25) is 0 Å². The number of hydrogen-bond donors (Lipinski definition) is 2. The summed E-state index contributed by atoms with van der Waals surface area (Å²) < 4.78 is 14.0. The number of aromatic nitrogens is 1. The fourth-order valence-electron chi connectivity index (χ4n) is 3.30. The van der Waals surface area contributed by atoms with Crippen LogP contribution in [0.1, 0.15) is 10.4 Å². The van der Waals surface area contributed by atoms with Crippen molar-refractivity contribution in [1.82, 2.24) is 20.7 Å². The van der Waals surface area contributed by atoms with E-state index < -0.39 is 0 Å². The van der Waals surface area contributed by atoms with E-state index in [0.717, 1.165) is 34.0 Å². The van der Waals surface area contributed by atoms with E-state index in [2.05, 4.69) is 36.7 Å². The summed E-state index contributed by atoms with van der Waals surface area (Å²) in [6, 6.07) is 13.2. The Morgan fingerprint density at radius 3 is 2.38 bits per heavy atom. The Kier molecular flexibility index (Phi) is 7.13. The molecule has 1 saturated heterocycles. The van der Waals surface area contributed by atoms with Gasteiger partial charge in [0.05, 0.1) is 12.2 Å². The summed E-state index contributed by atoms with van der Waals surface area (Å²) in [4.78, 5) is 33.2. The highest BCUT2D eigenvalue weighted by molar-refractivity contribution is 9.10. The number of thiazole rings is 1. The smallest absolute Gasteiger partial charge is 0.269 e. The summed E-state index contributed by atoms with van der Waals surface area (Å²) in [7, 11) is 0. The molecule has 0 aliphatic carbocycles. The molecule has 0 spiro atoms. The van der Waals surface area contributed by atoms with Crippen molar-refractivity contribution in [3.8, 4) is 11.3 Å². The third kappa shape index (κ3) is 5.70. The molecule has 32 heavy (non-hydrogen) atoms. The molecule has 2 N–H and O–H groups in total. The van der Waals surface area contributed by atoms with E-state index >= 15 is 0 Å². The van der Waals surface area contributed by atoms with Crippen molar-refractivity contribution in [3.63, 3.8) is 0 Å². The Bertz CT molecular complexity index is 1080. The van der Waals surface area contributed by atoms with Crippen LogP contribution in [0.2, 0.25) is 0 Å². The standard InChI is InChI=1S/C22H21BrFN5O2S/c23-17-5-1-16(2-6-17)21(31)27-26-20(30)13-28-9-11-29(12-10-28)22-25-19(14-32-22)15-3-7-18(24)8-4-15/h1-8,14H,9-13H2,(H,26,30)(H,27,31). The van der Waals surface area contributed by atoms with E-state index in [-0.39, 0.29) is 24.2 Å². The number of nitrogens with zero attached hydrogens (tertiary/aromatic N) is 3. The summed E-state index contributed by atoms with van der Waals surface area (Å²) in [6.45, 7) is 3.11. The fraction of sp³-hybridized carbons (Fsp3) is 0.227. The molecule has 1 fully saturated rings. The van der Waals surface area contributed by atoms with Crippen molar-refractivity contribution >= 4 is 44.2 Å². The number of carbonyl (C=O) groups excluding carboxylic acids is 2. The van der Waals surface area contributed by atoms with Gasteiger partial charge >= 0.3 is 0 Å². The molecular formula is C22H21BrFN5O2S. The highest BCUT2D eigenvalue weighted by Gasteiger charge is 2.21. The van der Waals surface area contributed by atoms with E-state index in [1.807, 2.05) is 10.3 Å². The number of rotatable bonds is 5. The van der Waals surface area contributed by atoms with Crippen molar-refractivity contribution < 1.29 is 14.0 Å². The minimum absolute atomic E-state index is 0.202. The largest absolute Gasteiger partial charge is 0.346 e. The van der Waals surface area contributed by atoms with Crippen LogP contribution >= 0.6 is 27.3 Å². The third-order valence-corrected chi connectivity index (χ3v) is 6.49. The molecule has 1 aromatic heterocycles. The molecule has 4 rings (SSSR count). The van der Waals surface area contributed by atoms with Crippen LogP contribution in [-0.2, 0) is 4.79 Å². The molecule has 2 amide bonds. The lowest BCUT2D eigenvalue weighted by molar-refractivity contribution is -0.123. The molecule has 3 aromatic rings. The number of benzene rings is 2. The number of halogens is 2. The first-order chi connectivity index (χ1) is 15.5. The van der Waals surface area contributed by atoms with Gasteiger partial charge in [-0.2, -0.15) is 0 Å². The van der Waals surface area contributed by atoms with Crippen LogP contribution in [0.3, 0.4) is 0 Å². The second kappa shape index (κ2) is 10.2. The molecule has 166 valence electrons. The number of nitrogens with one attached hydrogen (secondary N) is 2. The minimum atomic E-state index is -0.364.